The third-order valence-corrected chi connectivity index (χ3v) is 4.55. The number of morpholine rings is 1. The molecule has 2 aromatic rings. The zero-order chi connectivity index (χ0) is 19.8. The lowest BCUT2D eigenvalue weighted by atomic mass is 10.2. The van der Waals surface area contributed by atoms with Crippen LogP contribution in [-0.4, -0.2) is 70.4 Å². The van der Waals surface area contributed by atoms with Crippen molar-refractivity contribution in [1.82, 2.24) is 30.4 Å². The third kappa shape index (κ3) is 5.74. The van der Waals surface area contributed by atoms with Gasteiger partial charge in [0.25, 0.3) is 5.91 Å². The van der Waals surface area contributed by atoms with Crippen LogP contribution in [0.15, 0.2) is 24.3 Å². The average Bonchev–Trinajstić information content (AvgIpc) is 3.19. The van der Waals surface area contributed by atoms with Crippen molar-refractivity contribution in [2.24, 2.45) is 0 Å². The molecule has 1 aromatic carbocycles. The number of hydrogen-bond acceptors (Lipinski definition) is 7. The van der Waals surface area contributed by atoms with Crippen LogP contribution in [0.1, 0.15) is 42.5 Å². The zero-order valence-electron chi connectivity index (χ0n) is 16.5. The molecule has 9 nitrogen and oxygen atoms in total. The number of hydrogen-bond donors (Lipinski definition) is 1. The van der Waals surface area contributed by atoms with Crippen molar-refractivity contribution in [2.75, 3.05) is 39.4 Å². The van der Waals surface area contributed by atoms with Crippen LogP contribution >= 0.6 is 0 Å². The fourth-order valence-corrected chi connectivity index (χ4v) is 3.01. The van der Waals surface area contributed by atoms with Gasteiger partial charge in [-0.15, -0.1) is 5.10 Å². The van der Waals surface area contributed by atoms with Gasteiger partial charge in [0.1, 0.15) is 12.4 Å². The molecule has 1 amide bonds. The largest absolute Gasteiger partial charge is 0.486 e. The Hall–Kier alpha value is -2.52. The Bertz CT molecular complexity index is 758. The van der Waals surface area contributed by atoms with Gasteiger partial charge in [-0.05, 0) is 55.4 Å². The van der Waals surface area contributed by atoms with Crippen LogP contribution in [0.4, 0.5) is 0 Å². The van der Waals surface area contributed by atoms with Crippen LogP contribution < -0.4 is 10.1 Å². The Morgan fingerprint density at radius 3 is 2.93 bits per heavy atom. The Kier molecular flexibility index (Phi) is 7.32. The first kappa shape index (κ1) is 20.2. The summed E-state index contributed by atoms with van der Waals surface area (Å²) in [7, 11) is 0. The number of tetrazole rings is 1. The Morgan fingerprint density at radius 1 is 1.32 bits per heavy atom. The predicted octanol–water partition coefficient (Wildman–Crippen LogP) is 1.29. The maximum atomic E-state index is 12.4. The predicted molar refractivity (Wildman–Crippen MR) is 103 cm³/mol. The van der Waals surface area contributed by atoms with E-state index in [2.05, 4.69) is 25.7 Å². The van der Waals surface area contributed by atoms with Crippen LogP contribution in [0, 0.1) is 0 Å². The maximum Gasteiger partial charge on any atom is 0.251 e. The zero-order valence-corrected chi connectivity index (χ0v) is 16.5. The molecule has 0 aliphatic carbocycles. The first-order valence-electron chi connectivity index (χ1n) is 9.71. The van der Waals surface area contributed by atoms with Crippen molar-refractivity contribution in [3.8, 4) is 5.75 Å². The van der Waals surface area contributed by atoms with Gasteiger partial charge in [-0.25, -0.2) is 4.68 Å². The van der Waals surface area contributed by atoms with E-state index >= 15 is 0 Å². The molecule has 0 radical (unpaired) electrons. The van der Waals surface area contributed by atoms with Crippen LogP contribution in [-0.2, 0) is 11.3 Å². The molecule has 1 aromatic heterocycles. The first-order valence-corrected chi connectivity index (χ1v) is 9.71. The molecular weight excluding hydrogens is 360 g/mol. The minimum Gasteiger partial charge on any atom is -0.486 e. The van der Waals surface area contributed by atoms with Crippen LogP contribution in [0.5, 0.6) is 5.75 Å². The van der Waals surface area contributed by atoms with Crippen LogP contribution in [0.2, 0.25) is 0 Å². The third-order valence-electron chi connectivity index (χ3n) is 4.55. The summed E-state index contributed by atoms with van der Waals surface area (Å²) in [6, 6.07) is 7.30. The van der Waals surface area contributed by atoms with Crippen LogP contribution in [0.25, 0.3) is 0 Å². The molecule has 1 N–H and O–H groups in total. The number of aromatic nitrogens is 4. The van der Waals surface area contributed by atoms with E-state index in [4.69, 9.17) is 9.47 Å². The SMILES string of the molecule is CC(C)n1nnnc1COc1cccc(C(=O)NCCCN2CCOCC2)c1. The van der Waals surface area contributed by atoms with Gasteiger partial charge in [-0.3, -0.25) is 9.69 Å². The molecule has 0 bridgehead atoms. The summed E-state index contributed by atoms with van der Waals surface area (Å²) in [6.45, 7) is 9.39. The summed E-state index contributed by atoms with van der Waals surface area (Å²) in [4.78, 5) is 14.7. The van der Waals surface area contributed by atoms with Crippen molar-refractivity contribution in [3.63, 3.8) is 0 Å². The average molecular weight is 388 g/mol. The van der Waals surface area contributed by atoms with E-state index in [1.165, 1.54) is 0 Å². The van der Waals surface area contributed by atoms with Gasteiger partial charge in [0.2, 0.25) is 0 Å². The highest BCUT2D eigenvalue weighted by atomic mass is 16.5. The maximum absolute atomic E-state index is 12.4. The van der Waals surface area contributed by atoms with Crippen molar-refractivity contribution in [2.45, 2.75) is 32.9 Å². The highest BCUT2D eigenvalue weighted by Crippen LogP contribution is 2.15. The molecule has 9 heteroatoms. The first-order chi connectivity index (χ1) is 13.6. The van der Waals surface area contributed by atoms with E-state index in [0.29, 0.717) is 23.7 Å². The number of rotatable bonds is 9. The molecule has 1 fully saturated rings. The van der Waals surface area contributed by atoms with Gasteiger partial charge in [-0.2, -0.15) is 0 Å². The van der Waals surface area contributed by atoms with Gasteiger partial charge in [0.15, 0.2) is 5.82 Å². The molecule has 2 heterocycles. The van der Waals surface area contributed by atoms with Crippen molar-refractivity contribution >= 4 is 5.91 Å². The summed E-state index contributed by atoms with van der Waals surface area (Å²) in [5.41, 5.74) is 0.576. The molecule has 0 spiro atoms. The monoisotopic (exact) mass is 388 g/mol. The molecule has 0 atom stereocenters. The van der Waals surface area contributed by atoms with Gasteiger partial charge < -0.3 is 14.8 Å². The molecule has 1 aliphatic rings. The van der Waals surface area contributed by atoms with E-state index in [1.807, 2.05) is 26.0 Å². The lowest BCUT2D eigenvalue weighted by molar-refractivity contribution is 0.0374. The van der Waals surface area contributed by atoms with E-state index in [0.717, 1.165) is 39.3 Å². The highest BCUT2D eigenvalue weighted by molar-refractivity contribution is 5.94. The summed E-state index contributed by atoms with van der Waals surface area (Å²) < 4.78 is 12.8. The Balaban J connectivity index is 1.45. The molecular formula is C19H28N6O3. The van der Waals surface area contributed by atoms with Gasteiger partial charge >= 0.3 is 0 Å². The number of nitrogens with zero attached hydrogens (tertiary/aromatic N) is 5. The Morgan fingerprint density at radius 2 is 2.14 bits per heavy atom. The quantitative estimate of drug-likeness (QED) is 0.647. The minimum atomic E-state index is -0.0977. The molecule has 28 heavy (non-hydrogen) atoms. The molecule has 0 unspecified atom stereocenters. The number of carbonyl (C=O) groups is 1. The minimum absolute atomic E-state index is 0.0977. The number of ether oxygens (including phenoxy) is 2. The summed E-state index contributed by atoms with van der Waals surface area (Å²) in [5.74, 6) is 1.16. The fraction of sp³-hybridized carbons (Fsp3) is 0.579. The summed E-state index contributed by atoms with van der Waals surface area (Å²) in [5, 5.41) is 14.6. The molecule has 0 saturated carbocycles. The number of nitrogens with one attached hydrogen (secondary N) is 1. The fourth-order valence-electron chi connectivity index (χ4n) is 3.01. The Labute approximate surface area is 165 Å². The topological polar surface area (TPSA) is 94.4 Å². The number of amides is 1. The van der Waals surface area contributed by atoms with Gasteiger partial charge in [0, 0.05) is 25.2 Å². The van der Waals surface area contributed by atoms with Gasteiger partial charge in [0.05, 0.1) is 19.3 Å². The lowest BCUT2D eigenvalue weighted by Crippen LogP contribution is -2.38. The van der Waals surface area contributed by atoms with E-state index in [9.17, 15) is 4.79 Å². The molecule has 1 saturated heterocycles. The second kappa shape index (κ2) is 10.1. The second-order valence-electron chi connectivity index (χ2n) is 7.01. The van der Waals surface area contributed by atoms with E-state index in [1.54, 1.807) is 16.8 Å². The van der Waals surface area contributed by atoms with Crippen molar-refractivity contribution in [1.29, 1.82) is 0 Å². The number of benzene rings is 1. The molecule has 1 aliphatic heterocycles. The standard InChI is InChI=1S/C19H28N6O3/c1-15(2)25-18(21-22-23-25)14-28-17-6-3-5-16(13-17)19(26)20-7-4-8-24-9-11-27-12-10-24/h3,5-6,13,15H,4,7-12,14H2,1-2H3,(H,20,26). The summed E-state index contributed by atoms with van der Waals surface area (Å²) >= 11 is 0. The number of carbonyl (C=O) groups excluding carboxylic acids is 1. The van der Waals surface area contributed by atoms with Crippen LogP contribution in [0.3, 0.4) is 0 Å². The second-order valence-corrected chi connectivity index (χ2v) is 7.01. The summed E-state index contributed by atoms with van der Waals surface area (Å²) in [6.07, 6.45) is 0.916. The highest BCUT2D eigenvalue weighted by Gasteiger charge is 2.12. The van der Waals surface area contributed by atoms with Gasteiger partial charge in [-0.1, -0.05) is 6.07 Å². The molecule has 152 valence electrons. The normalized spacial score (nSPS) is 15.0. The van der Waals surface area contributed by atoms with Crippen molar-refractivity contribution in [3.05, 3.63) is 35.7 Å². The van der Waals surface area contributed by atoms with Crippen molar-refractivity contribution < 1.29 is 14.3 Å². The lowest BCUT2D eigenvalue weighted by Gasteiger charge is -2.26. The van der Waals surface area contributed by atoms with E-state index < -0.39 is 0 Å². The molecule has 3 rings (SSSR count). The smallest absolute Gasteiger partial charge is 0.251 e. The van der Waals surface area contributed by atoms with E-state index in [-0.39, 0.29) is 18.6 Å².